The molecule has 4 fully saturated rings. The summed E-state index contributed by atoms with van der Waals surface area (Å²) < 4.78 is 18.8. The molecule has 15 heteroatoms. The molecule has 3 aromatic heterocycles. The van der Waals surface area contributed by atoms with Crippen molar-refractivity contribution in [2.45, 2.75) is 50.0 Å². The SMILES string of the molecule is Cn1c(=O)n(C2CCC(=O)NC2=O)c2ccc(N3CCC(CN4CCN(c5ccc(-c6nccc(-c7cc8c([nH]7)C7(CC7)CNC8=O)n6)c(F)c5)CC4)CC3)cc21. The highest BCUT2D eigenvalue weighted by Crippen LogP contribution is 2.50. The second-order valence-corrected chi connectivity index (χ2v) is 16.4. The lowest BCUT2D eigenvalue weighted by molar-refractivity contribution is -0.135. The van der Waals surface area contributed by atoms with Gasteiger partial charge in [-0.3, -0.25) is 33.7 Å². The first-order valence-corrected chi connectivity index (χ1v) is 20.1. The topological polar surface area (TPSA) is 153 Å². The van der Waals surface area contributed by atoms with E-state index in [0.717, 1.165) is 99.8 Å². The minimum absolute atomic E-state index is 0.00404. The number of piperazine rings is 1. The molecule has 2 aromatic carbocycles. The van der Waals surface area contributed by atoms with Crippen LogP contribution in [0.15, 0.2) is 59.5 Å². The molecule has 1 unspecified atom stereocenters. The molecule has 3 amide bonds. The van der Waals surface area contributed by atoms with E-state index in [0.29, 0.717) is 47.0 Å². The molecule has 294 valence electrons. The van der Waals surface area contributed by atoms with Gasteiger partial charge in [0.05, 0.1) is 33.5 Å². The summed E-state index contributed by atoms with van der Waals surface area (Å²) in [6, 6.07) is 14.2. The number of rotatable bonds is 7. The number of fused-ring (bicyclic) bond motifs is 3. The van der Waals surface area contributed by atoms with Crippen LogP contribution in [0.1, 0.15) is 60.6 Å². The molecular weight excluding hydrogens is 728 g/mol. The van der Waals surface area contributed by atoms with Gasteiger partial charge in [0.2, 0.25) is 11.8 Å². The predicted octanol–water partition coefficient (Wildman–Crippen LogP) is 3.72. The Hall–Kier alpha value is -5.83. The van der Waals surface area contributed by atoms with Crippen molar-refractivity contribution in [3.63, 3.8) is 0 Å². The van der Waals surface area contributed by atoms with Gasteiger partial charge in [0.1, 0.15) is 11.9 Å². The third-order valence-corrected chi connectivity index (χ3v) is 13.0. The summed E-state index contributed by atoms with van der Waals surface area (Å²) in [5.41, 5.74) is 6.46. The Labute approximate surface area is 328 Å². The third-order valence-electron chi connectivity index (χ3n) is 13.0. The minimum Gasteiger partial charge on any atom is -0.371 e. The maximum absolute atomic E-state index is 15.7. The van der Waals surface area contributed by atoms with Gasteiger partial charge >= 0.3 is 5.69 Å². The average Bonchev–Trinajstić information content (AvgIpc) is 3.77. The van der Waals surface area contributed by atoms with Crippen LogP contribution in [0.5, 0.6) is 0 Å². The van der Waals surface area contributed by atoms with Crippen molar-refractivity contribution in [3.8, 4) is 22.8 Å². The highest BCUT2D eigenvalue weighted by molar-refractivity contribution is 6.00. The van der Waals surface area contributed by atoms with Crippen molar-refractivity contribution in [1.82, 2.24) is 39.6 Å². The van der Waals surface area contributed by atoms with Crippen molar-refractivity contribution in [1.29, 1.82) is 0 Å². The molecule has 1 aliphatic carbocycles. The van der Waals surface area contributed by atoms with Gasteiger partial charge in [0.25, 0.3) is 5.91 Å². The van der Waals surface area contributed by atoms with E-state index >= 15 is 4.39 Å². The van der Waals surface area contributed by atoms with E-state index in [9.17, 15) is 19.2 Å². The molecule has 10 rings (SSSR count). The molecule has 5 aliphatic rings. The van der Waals surface area contributed by atoms with Gasteiger partial charge in [-0.25, -0.2) is 19.2 Å². The summed E-state index contributed by atoms with van der Waals surface area (Å²) in [4.78, 5) is 69.8. The number of anilines is 2. The number of H-pyrrole nitrogens is 1. The monoisotopic (exact) mass is 772 g/mol. The van der Waals surface area contributed by atoms with Crippen molar-refractivity contribution in [3.05, 3.63) is 82.3 Å². The molecule has 3 N–H and O–H groups in total. The second kappa shape index (κ2) is 13.7. The van der Waals surface area contributed by atoms with Crippen LogP contribution in [0, 0.1) is 11.7 Å². The summed E-state index contributed by atoms with van der Waals surface area (Å²) in [7, 11) is 1.73. The lowest BCUT2D eigenvalue weighted by atomic mass is 9.95. The van der Waals surface area contributed by atoms with Crippen molar-refractivity contribution in [2.24, 2.45) is 13.0 Å². The Bertz CT molecular complexity index is 2500. The molecule has 1 spiro atoms. The Morgan fingerprint density at radius 1 is 0.842 bits per heavy atom. The smallest absolute Gasteiger partial charge is 0.329 e. The highest BCUT2D eigenvalue weighted by atomic mass is 19.1. The number of aromatic amines is 1. The van der Waals surface area contributed by atoms with Gasteiger partial charge in [-0.1, -0.05) is 0 Å². The number of hydrogen-bond donors (Lipinski definition) is 3. The summed E-state index contributed by atoms with van der Waals surface area (Å²) in [6.07, 6.45) is 6.37. The molecule has 14 nitrogen and oxygen atoms in total. The van der Waals surface area contributed by atoms with Gasteiger partial charge in [0.15, 0.2) is 5.82 Å². The molecule has 0 radical (unpaired) electrons. The Morgan fingerprint density at radius 2 is 1.60 bits per heavy atom. The number of halogens is 1. The fraction of sp³-hybridized carbons (Fsp3) is 0.429. The zero-order valence-electron chi connectivity index (χ0n) is 31.9. The van der Waals surface area contributed by atoms with Crippen molar-refractivity contribution >= 4 is 40.1 Å². The molecule has 5 aromatic rings. The normalized spacial score (nSPS) is 21.2. The molecule has 1 saturated carbocycles. The number of amides is 3. The summed E-state index contributed by atoms with van der Waals surface area (Å²) >= 11 is 0. The van der Waals surface area contributed by atoms with Gasteiger partial charge < -0.3 is 20.1 Å². The van der Waals surface area contributed by atoms with E-state index in [1.54, 1.807) is 36.0 Å². The summed E-state index contributed by atoms with van der Waals surface area (Å²) in [5, 5.41) is 5.38. The molecule has 57 heavy (non-hydrogen) atoms. The molecular formula is C42H45FN10O4. The summed E-state index contributed by atoms with van der Waals surface area (Å²) in [5.74, 6) is -0.293. The van der Waals surface area contributed by atoms with E-state index in [2.05, 4.69) is 35.3 Å². The first-order valence-electron chi connectivity index (χ1n) is 20.1. The van der Waals surface area contributed by atoms with Crippen molar-refractivity contribution in [2.75, 3.05) is 62.2 Å². The van der Waals surface area contributed by atoms with Crippen LogP contribution in [-0.4, -0.2) is 99.1 Å². The van der Waals surface area contributed by atoms with Crippen molar-refractivity contribution < 1.29 is 18.8 Å². The predicted molar refractivity (Wildman–Crippen MR) is 213 cm³/mol. The largest absolute Gasteiger partial charge is 0.371 e. The maximum atomic E-state index is 15.7. The number of benzene rings is 2. The Balaban J connectivity index is 0.742. The van der Waals surface area contributed by atoms with Crippen LogP contribution in [0.3, 0.4) is 0 Å². The fourth-order valence-corrected chi connectivity index (χ4v) is 9.43. The number of aryl methyl sites for hydroxylation is 1. The number of imide groups is 1. The van der Waals surface area contributed by atoms with E-state index in [1.807, 2.05) is 30.3 Å². The van der Waals surface area contributed by atoms with Crippen LogP contribution in [-0.2, 0) is 22.1 Å². The van der Waals surface area contributed by atoms with Crippen LogP contribution < -0.4 is 26.1 Å². The van der Waals surface area contributed by atoms with Gasteiger partial charge in [0, 0.05) is 94.5 Å². The number of imidazole rings is 1. The zero-order chi connectivity index (χ0) is 39.0. The van der Waals surface area contributed by atoms with E-state index in [1.165, 1.54) is 4.57 Å². The average molecular weight is 773 g/mol. The summed E-state index contributed by atoms with van der Waals surface area (Å²) in [6.45, 7) is 6.95. The quantitative estimate of drug-likeness (QED) is 0.210. The minimum atomic E-state index is -0.696. The van der Waals surface area contributed by atoms with Crippen LogP contribution in [0.4, 0.5) is 15.8 Å². The van der Waals surface area contributed by atoms with Crippen LogP contribution >= 0.6 is 0 Å². The molecule has 3 saturated heterocycles. The highest BCUT2D eigenvalue weighted by Gasteiger charge is 2.50. The molecule has 1 atom stereocenters. The first kappa shape index (κ1) is 35.6. The lowest BCUT2D eigenvalue weighted by Gasteiger charge is -2.40. The second-order valence-electron chi connectivity index (χ2n) is 16.4. The molecule has 7 heterocycles. The lowest BCUT2D eigenvalue weighted by Crippen LogP contribution is -2.49. The van der Waals surface area contributed by atoms with Gasteiger partial charge in [-0.05, 0) is 86.6 Å². The standard InChI is InChI=1S/C42H45FN10O4/c1-49-35-21-27(3-5-33(35)53(41(49)57)34-6-7-36(54)48-40(34)56)51-14-9-25(10-15-51)23-50-16-18-52(19-17-50)26-2-4-28(30(43)20-26)38-44-13-8-31(47-38)32-22-29-37(46-32)42(11-12-42)24-45-39(29)55/h2-5,8,13,20-22,25,34,46H,6-7,9-12,14-19,23-24H2,1H3,(H,45,55)(H,48,54,56). The molecule has 4 aliphatic heterocycles. The number of nitrogens with one attached hydrogen (secondary N) is 3. The first-order chi connectivity index (χ1) is 27.6. The third kappa shape index (κ3) is 6.28. The van der Waals surface area contributed by atoms with Gasteiger partial charge in [-0.15, -0.1) is 0 Å². The van der Waals surface area contributed by atoms with Gasteiger partial charge in [-0.2, -0.15) is 0 Å². The van der Waals surface area contributed by atoms with E-state index in [-0.39, 0.29) is 35.2 Å². The van der Waals surface area contributed by atoms with E-state index < -0.39 is 11.9 Å². The number of piperidine rings is 2. The Kier molecular flexibility index (Phi) is 8.54. The number of hydrogen-bond acceptors (Lipinski definition) is 9. The van der Waals surface area contributed by atoms with Crippen LogP contribution in [0.2, 0.25) is 0 Å². The molecule has 0 bridgehead atoms. The zero-order valence-corrected chi connectivity index (χ0v) is 31.9. The maximum Gasteiger partial charge on any atom is 0.329 e. The van der Waals surface area contributed by atoms with E-state index in [4.69, 9.17) is 4.98 Å². The van der Waals surface area contributed by atoms with Crippen LogP contribution in [0.25, 0.3) is 33.8 Å². The number of carbonyl (C=O) groups excluding carboxylic acids is 3. The number of aromatic nitrogens is 5. The number of carbonyl (C=O) groups is 3. The Morgan fingerprint density at radius 3 is 2.35 bits per heavy atom. The fourth-order valence-electron chi connectivity index (χ4n) is 9.43. The number of nitrogens with zero attached hydrogens (tertiary/aromatic N) is 7.